The van der Waals surface area contributed by atoms with Gasteiger partial charge in [0.2, 0.25) is 5.91 Å². The van der Waals surface area contributed by atoms with Gasteiger partial charge in [0.1, 0.15) is 0 Å². The summed E-state index contributed by atoms with van der Waals surface area (Å²) in [6.07, 6.45) is 2.11. The van der Waals surface area contributed by atoms with Crippen LogP contribution in [0, 0.1) is 6.92 Å². The Kier molecular flexibility index (Phi) is 4.86. The Morgan fingerprint density at radius 3 is 2.54 bits per heavy atom. The summed E-state index contributed by atoms with van der Waals surface area (Å²) in [7, 11) is 0. The Morgan fingerprint density at radius 2 is 1.82 bits per heavy atom. The molecule has 0 aliphatic rings. The minimum absolute atomic E-state index is 0.402. The standard InChI is InChI=1S/C24H23ClN2O/c1-3-5-16-10-11-18-22(13-16)27(14-17-9-8-15(2)20(25)12-17)21-7-4-6-19(23(18)21)24(26)28/h4,6-13H,3,5,14H2,1-2H3,(H2,26,28). The van der Waals surface area contributed by atoms with E-state index in [9.17, 15) is 4.79 Å². The van der Waals surface area contributed by atoms with Gasteiger partial charge in [0.15, 0.2) is 0 Å². The number of nitrogens with zero attached hydrogens (tertiary/aromatic N) is 1. The highest BCUT2D eigenvalue weighted by Crippen LogP contribution is 2.33. The molecule has 142 valence electrons. The molecule has 0 atom stereocenters. The van der Waals surface area contributed by atoms with Crippen LogP contribution in [0.5, 0.6) is 0 Å². The average Bonchev–Trinajstić information content (AvgIpc) is 2.98. The van der Waals surface area contributed by atoms with Crippen molar-refractivity contribution in [2.45, 2.75) is 33.2 Å². The molecule has 3 nitrogen and oxygen atoms in total. The van der Waals surface area contributed by atoms with Gasteiger partial charge in [-0.25, -0.2) is 0 Å². The summed E-state index contributed by atoms with van der Waals surface area (Å²) in [4.78, 5) is 12.1. The molecule has 4 rings (SSSR count). The van der Waals surface area contributed by atoms with Gasteiger partial charge in [-0.15, -0.1) is 0 Å². The zero-order valence-electron chi connectivity index (χ0n) is 16.1. The molecular weight excluding hydrogens is 368 g/mol. The average molecular weight is 391 g/mol. The van der Waals surface area contributed by atoms with E-state index >= 15 is 0 Å². The lowest BCUT2D eigenvalue weighted by atomic mass is 10.0. The number of rotatable bonds is 5. The maximum absolute atomic E-state index is 12.1. The molecule has 0 saturated heterocycles. The van der Waals surface area contributed by atoms with Crippen molar-refractivity contribution in [1.29, 1.82) is 0 Å². The number of halogens is 1. The predicted octanol–water partition coefficient (Wildman–Crippen LogP) is 5.86. The molecule has 0 spiro atoms. The zero-order chi connectivity index (χ0) is 19.8. The minimum atomic E-state index is -0.402. The number of aryl methyl sites for hydroxylation is 2. The van der Waals surface area contributed by atoms with Gasteiger partial charge in [0.25, 0.3) is 0 Å². The quantitative estimate of drug-likeness (QED) is 0.456. The fraction of sp³-hybridized carbons (Fsp3) is 0.208. The summed E-state index contributed by atoms with van der Waals surface area (Å²) < 4.78 is 2.26. The van der Waals surface area contributed by atoms with Crippen molar-refractivity contribution in [3.63, 3.8) is 0 Å². The van der Waals surface area contributed by atoms with Crippen LogP contribution in [-0.2, 0) is 13.0 Å². The Bertz CT molecular complexity index is 1210. The van der Waals surface area contributed by atoms with Crippen LogP contribution in [0.4, 0.5) is 0 Å². The van der Waals surface area contributed by atoms with Gasteiger partial charge >= 0.3 is 0 Å². The summed E-state index contributed by atoms with van der Waals surface area (Å²) in [5.41, 5.74) is 11.9. The number of nitrogens with two attached hydrogens (primary N) is 1. The molecule has 1 aromatic heterocycles. The maximum Gasteiger partial charge on any atom is 0.249 e. The number of fused-ring (bicyclic) bond motifs is 3. The smallest absolute Gasteiger partial charge is 0.249 e. The lowest BCUT2D eigenvalue weighted by Gasteiger charge is -2.10. The van der Waals surface area contributed by atoms with Crippen LogP contribution in [0.3, 0.4) is 0 Å². The van der Waals surface area contributed by atoms with Crippen molar-refractivity contribution >= 4 is 39.3 Å². The second-order valence-corrected chi connectivity index (χ2v) is 7.74. The van der Waals surface area contributed by atoms with Crippen molar-refractivity contribution in [1.82, 2.24) is 4.57 Å². The summed E-state index contributed by atoms with van der Waals surface area (Å²) in [5, 5.41) is 2.75. The third kappa shape index (κ3) is 3.16. The zero-order valence-corrected chi connectivity index (χ0v) is 16.9. The maximum atomic E-state index is 12.1. The van der Waals surface area contributed by atoms with E-state index in [2.05, 4.69) is 41.8 Å². The van der Waals surface area contributed by atoms with Crippen LogP contribution < -0.4 is 5.73 Å². The molecule has 3 aromatic carbocycles. The van der Waals surface area contributed by atoms with Gasteiger partial charge in [0, 0.05) is 33.4 Å². The van der Waals surface area contributed by atoms with Gasteiger partial charge < -0.3 is 10.3 Å². The molecule has 1 amide bonds. The fourth-order valence-corrected chi connectivity index (χ4v) is 4.13. The second-order valence-electron chi connectivity index (χ2n) is 7.34. The minimum Gasteiger partial charge on any atom is -0.366 e. The molecule has 0 radical (unpaired) electrons. The molecule has 28 heavy (non-hydrogen) atoms. The first kappa shape index (κ1) is 18.6. The first-order valence-corrected chi connectivity index (χ1v) is 9.96. The predicted molar refractivity (Wildman–Crippen MR) is 117 cm³/mol. The Balaban J connectivity index is 2.00. The van der Waals surface area contributed by atoms with E-state index < -0.39 is 5.91 Å². The summed E-state index contributed by atoms with van der Waals surface area (Å²) >= 11 is 6.35. The summed E-state index contributed by atoms with van der Waals surface area (Å²) in [6.45, 7) is 4.86. The Morgan fingerprint density at radius 1 is 1.04 bits per heavy atom. The molecule has 4 aromatic rings. The Labute approximate surface area is 169 Å². The first-order valence-electron chi connectivity index (χ1n) is 9.58. The fourth-order valence-electron chi connectivity index (χ4n) is 3.93. The molecule has 0 aliphatic carbocycles. The van der Waals surface area contributed by atoms with E-state index in [1.165, 1.54) is 5.56 Å². The van der Waals surface area contributed by atoms with E-state index in [-0.39, 0.29) is 0 Å². The van der Waals surface area contributed by atoms with Crippen molar-refractivity contribution in [2.75, 3.05) is 0 Å². The number of benzene rings is 3. The molecule has 4 heteroatoms. The van der Waals surface area contributed by atoms with Crippen molar-refractivity contribution < 1.29 is 4.79 Å². The third-order valence-electron chi connectivity index (χ3n) is 5.34. The molecule has 0 aliphatic heterocycles. The topological polar surface area (TPSA) is 48.0 Å². The van der Waals surface area contributed by atoms with Gasteiger partial charge in [0.05, 0.1) is 5.52 Å². The van der Waals surface area contributed by atoms with Crippen molar-refractivity contribution in [2.24, 2.45) is 5.73 Å². The Hall–Kier alpha value is -2.78. The SMILES string of the molecule is CCCc1ccc2c3c(C(N)=O)cccc3n(Cc3ccc(C)c(Cl)c3)c2c1. The number of hydrogen-bond donors (Lipinski definition) is 1. The van der Waals surface area contributed by atoms with E-state index in [1.807, 2.05) is 25.1 Å². The number of amides is 1. The number of aromatic nitrogens is 1. The van der Waals surface area contributed by atoms with Crippen LogP contribution in [0.2, 0.25) is 5.02 Å². The highest BCUT2D eigenvalue weighted by molar-refractivity contribution is 6.31. The molecule has 0 unspecified atom stereocenters. The van der Waals surface area contributed by atoms with Crippen LogP contribution in [0.1, 0.15) is 40.4 Å². The highest BCUT2D eigenvalue weighted by atomic mass is 35.5. The van der Waals surface area contributed by atoms with Crippen molar-refractivity contribution in [3.05, 3.63) is 81.9 Å². The van der Waals surface area contributed by atoms with Crippen LogP contribution in [-0.4, -0.2) is 10.5 Å². The number of hydrogen-bond acceptors (Lipinski definition) is 1. The van der Waals surface area contributed by atoms with Gasteiger partial charge in [-0.05, 0) is 54.3 Å². The van der Waals surface area contributed by atoms with E-state index in [1.54, 1.807) is 6.07 Å². The summed E-state index contributed by atoms with van der Waals surface area (Å²) in [5.74, 6) is -0.402. The van der Waals surface area contributed by atoms with Gasteiger partial charge in [-0.3, -0.25) is 4.79 Å². The van der Waals surface area contributed by atoms with Crippen LogP contribution >= 0.6 is 11.6 Å². The lowest BCUT2D eigenvalue weighted by molar-refractivity contribution is 0.100. The lowest BCUT2D eigenvalue weighted by Crippen LogP contribution is -2.11. The molecular formula is C24H23ClN2O. The monoisotopic (exact) mass is 390 g/mol. The van der Waals surface area contributed by atoms with Crippen LogP contribution in [0.25, 0.3) is 21.8 Å². The highest BCUT2D eigenvalue weighted by Gasteiger charge is 2.17. The van der Waals surface area contributed by atoms with E-state index in [0.717, 1.165) is 50.8 Å². The van der Waals surface area contributed by atoms with E-state index in [4.69, 9.17) is 17.3 Å². The van der Waals surface area contributed by atoms with Crippen LogP contribution in [0.15, 0.2) is 54.6 Å². The molecule has 0 fully saturated rings. The molecule has 1 heterocycles. The van der Waals surface area contributed by atoms with E-state index in [0.29, 0.717) is 12.1 Å². The molecule has 0 bridgehead atoms. The second kappa shape index (κ2) is 7.33. The van der Waals surface area contributed by atoms with Crippen molar-refractivity contribution in [3.8, 4) is 0 Å². The molecule has 0 saturated carbocycles. The van der Waals surface area contributed by atoms with Gasteiger partial charge in [-0.1, -0.05) is 55.3 Å². The van der Waals surface area contributed by atoms with Gasteiger partial charge in [-0.2, -0.15) is 0 Å². The third-order valence-corrected chi connectivity index (χ3v) is 5.74. The number of primary amides is 1. The molecule has 2 N–H and O–H groups in total. The first-order chi connectivity index (χ1) is 13.5. The number of carbonyl (C=O) groups is 1. The summed E-state index contributed by atoms with van der Waals surface area (Å²) in [6, 6.07) is 18.4. The normalized spacial score (nSPS) is 11.4. The number of carbonyl (C=O) groups excluding carboxylic acids is 1. The largest absolute Gasteiger partial charge is 0.366 e.